The van der Waals surface area contributed by atoms with Crippen LogP contribution in [0.4, 0.5) is 0 Å². The van der Waals surface area contributed by atoms with Gasteiger partial charge in [-0.2, -0.15) is 0 Å². The third-order valence-electron chi connectivity index (χ3n) is 2.94. The van der Waals surface area contributed by atoms with Gasteiger partial charge in [-0.1, -0.05) is 0 Å². The predicted octanol–water partition coefficient (Wildman–Crippen LogP) is 2.47. The minimum absolute atomic E-state index is 0.280. The number of rotatable bonds is 2. The number of aliphatic imine (C=N–C) groups is 1. The summed E-state index contributed by atoms with van der Waals surface area (Å²) in [5.74, 6) is 1.04. The summed E-state index contributed by atoms with van der Waals surface area (Å²) in [4.78, 5) is 4.49. The van der Waals surface area contributed by atoms with E-state index >= 15 is 0 Å². The quantitative estimate of drug-likeness (QED) is 0.626. The van der Waals surface area contributed by atoms with Crippen molar-refractivity contribution >= 4 is 13.8 Å². The number of hydrogen-bond donors (Lipinski definition) is 0. The van der Waals surface area contributed by atoms with Gasteiger partial charge >= 0.3 is 0 Å². The van der Waals surface area contributed by atoms with Crippen molar-refractivity contribution in [2.45, 2.75) is 37.9 Å². The molecule has 0 aromatic carbocycles. The van der Waals surface area contributed by atoms with Crippen LogP contribution in [-0.4, -0.2) is 37.0 Å². The van der Waals surface area contributed by atoms with Crippen LogP contribution in [0, 0.1) is 0 Å². The first kappa shape index (κ1) is 9.45. The van der Waals surface area contributed by atoms with Crippen LogP contribution in [0.25, 0.3) is 0 Å². The molecule has 2 rings (SSSR count). The summed E-state index contributed by atoms with van der Waals surface area (Å²) in [6.45, 7) is 5.35. The average molecular weight is 199 g/mol. The van der Waals surface area contributed by atoms with Crippen molar-refractivity contribution in [3.05, 3.63) is 0 Å². The molecule has 3 heteroatoms. The summed E-state index contributed by atoms with van der Waals surface area (Å²) in [5, 5.41) is 0. The van der Waals surface area contributed by atoms with Crippen LogP contribution in [0.3, 0.4) is 0 Å². The van der Waals surface area contributed by atoms with Gasteiger partial charge in [-0.3, -0.25) is 0 Å². The zero-order valence-corrected chi connectivity index (χ0v) is 9.39. The van der Waals surface area contributed by atoms with Gasteiger partial charge in [0.2, 0.25) is 0 Å². The maximum atomic E-state index is 5.54. The van der Waals surface area contributed by atoms with Crippen LogP contribution in [-0.2, 0) is 4.74 Å². The van der Waals surface area contributed by atoms with Gasteiger partial charge in [0.25, 0.3) is 0 Å². The molecule has 1 saturated heterocycles. The van der Waals surface area contributed by atoms with E-state index in [-0.39, 0.29) is 7.92 Å². The van der Waals surface area contributed by atoms with Gasteiger partial charge in [-0.05, 0) is 38.3 Å². The third-order valence-corrected chi connectivity index (χ3v) is 5.65. The molecule has 74 valence electrons. The monoisotopic (exact) mass is 199 g/mol. The second-order valence-corrected chi connectivity index (χ2v) is 6.86. The molecule has 0 saturated carbocycles. The Labute approximate surface area is 81.5 Å². The Balaban J connectivity index is 1.87. The molecule has 0 bridgehead atoms. The van der Waals surface area contributed by atoms with E-state index in [0.717, 1.165) is 24.6 Å². The zero-order valence-electron chi connectivity index (χ0n) is 8.49. The lowest BCUT2D eigenvalue weighted by atomic mass is 10.2. The second-order valence-electron chi connectivity index (χ2n) is 4.16. The standard InChI is InChI=1S/C10H18NOP/c1-8-7-12-10(11-8)6-9-4-3-5-13(9)2/h8-9H,3-7H2,1-2H3/t8-,9+,13+/m0/s1. The van der Waals surface area contributed by atoms with Gasteiger partial charge in [0, 0.05) is 6.42 Å². The van der Waals surface area contributed by atoms with E-state index in [1.165, 1.54) is 19.0 Å². The fourth-order valence-electron chi connectivity index (χ4n) is 2.09. The Hall–Kier alpha value is -0.100. The van der Waals surface area contributed by atoms with E-state index in [1.54, 1.807) is 0 Å². The highest BCUT2D eigenvalue weighted by atomic mass is 31.1. The van der Waals surface area contributed by atoms with E-state index in [2.05, 4.69) is 18.6 Å². The first-order valence-corrected chi connectivity index (χ1v) is 7.20. The van der Waals surface area contributed by atoms with Crippen LogP contribution >= 0.6 is 7.92 Å². The molecule has 0 radical (unpaired) electrons. The molecule has 2 nitrogen and oxygen atoms in total. The molecular weight excluding hydrogens is 181 g/mol. The fraction of sp³-hybridized carbons (Fsp3) is 0.900. The molecule has 3 atom stereocenters. The highest BCUT2D eigenvalue weighted by Gasteiger charge is 2.26. The summed E-state index contributed by atoms with van der Waals surface area (Å²) in [5.41, 5.74) is 0.902. The molecule has 0 amide bonds. The molecule has 0 N–H and O–H groups in total. The van der Waals surface area contributed by atoms with Gasteiger partial charge in [0.1, 0.15) is 6.61 Å². The number of ether oxygens (including phenoxy) is 1. The highest BCUT2D eigenvalue weighted by Crippen LogP contribution is 2.48. The smallest absolute Gasteiger partial charge is 0.184 e. The van der Waals surface area contributed by atoms with Crippen LogP contribution in [0.15, 0.2) is 4.99 Å². The summed E-state index contributed by atoms with van der Waals surface area (Å²) < 4.78 is 5.54. The Bertz CT molecular complexity index is 217. The third kappa shape index (κ3) is 2.22. The van der Waals surface area contributed by atoms with E-state index in [9.17, 15) is 0 Å². The van der Waals surface area contributed by atoms with Crippen molar-refractivity contribution in [1.82, 2.24) is 0 Å². The van der Waals surface area contributed by atoms with Gasteiger partial charge < -0.3 is 4.74 Å². The second kappa shape index (κ2) is 3.96. The lowest BCUT2D eigenvalue weighted by molar-refractivity contribution is 0.315. The van der Waals surface area contributed by atoms with Gasteiger partial charge in [-0.25, -0.2) is 4.99 Å². The maximum absolute atomic E-state index is 5.54. The van der Waals surface area contributed by atoms with Crippen molar-refractivity contribution in [3.8, 4) is 0 Å². The van der Waals surface area contributed by atoms with Crippen LogP contribution in [0.1, 0.15) is 26.2 Å². The SMILES string of the molecule is C[C@H]1COC(C[C@H]2CCC[P@@]2C)=N1. The summed E-state index contributed by atoms with van der Waals surface area (Å²) in [6.07, 6.45) is 5.41. The normalized spacial score (nSPS) is 38.9. The first-order valence-electron chi connectivity index (χ1n) is 5.15. The van der Waals surface area contributed by atoms with Gasteiger partial charge in [0.15, 0.2) is 5.90 Å². The Morgan fingerprint density at radius 3 is 3.00 bits per heavy atom. The van der Waals surface area contributed by atoms with E-state index < -0.39 is 0 Å². The molecule has 0 unspecified atom stereocenters. The Morgan fingerprint density at radius 2 is 2.46 bits per heavy atom. The van der Waals surface area contributed by atoms with Crippen molar-refractivity contribution in [2.24, 2.45) is 4.99 Å². The van der Waals surface area contributed by atoms with Crippen molar-refractivity contribution < 1.29 is 4.74 Å². The summed E-state index contributed by atoms with van der Waals surface area (Å²) in [7, 11) is 0.280. The lowest BCUT2D eigenvalue weighted by Crippen LogP contribution is -2.09. The molecule has 0 aromatic rings. The Morgan fingerprint density at radius 1 is 1.62 bits per heavy atom. The Kier molecular flexibility index (Phi) is 2.88. The molecule has 13 heavy (non-hydrogen) atoms. The topological polar surface area (TPSA) is 21.6 Å². The molecule has 1 fully saturated rings. The minimum atomic E-state index is 0.280. The van der Waals surface area contributed by atoms with Gasteiger partial charge in [-0.15, -0.1) is 7.92 Å². The molecule has 0 aromatic heterocycles. The zero-order chi connectivity index (χ0) is 9.26. The molecule has 0 spiro atoms. The largest absolute Gasteiger partial charge is 0.479 e. The minimum Gasteiger partial charge on any atom is -0.479 e. The van der Waals surface area contributed by atoms with Gasteiger partial charge in [0.05, 0.1) is 6.04 Å². The van der Waals surface area contributed by atoms with E-state index in [0.29, 0.717) is 6.04 Å². The lowest BCUT2D eigenvalue weighted by Gasteiger charge is -2.14. The molecule has 2 aliphatic rings. The predicted molar refractivity (Wildman–Crippen MR) is 58.2 cm³/mol. The van der Waals surface area contributed by atoms with E-state index in [1.807, 2.05) is 0 Å². The molecule has 0 aliphatic carbocycles. The van der Waals surface area contributed by atoms with Crippen LogP contribution in [0.2, 0.25) is 0 Å². The summed E-state index contributed by atoms with van der Waals surface area (Å²) >= 11 is 0. The molecule has 2 heterocycles. The molecular formula is C10H18NOP. The number of hydrogen-bond acceptors (Lipinski definition) is 2. The first-order chi connectivity index (χ1) is 6.25. The average Bonchev–Trinajstić information content (AvgIpc) is 2.64. The molecule has 2 aliphatic heterocycles. The van der Waals surface area contributed by atoms with Crippen molar-refractivity contribution in [3.63, 3.8) is 0 Å². The van der Waals surface area contributed by atoms with Crippen molar-refractivity contribution in [2.75, 3.05) is 19.4 Å². The fourth-order valence-corrected chi connectivity index (χ4v) is 4.23. The van der Waals surface area contributed by atoms with E-state index in [4.69, 9.17) is 4.74 Å². The highest BCUT2D eigenvalue weighted by molar-refractivity contribution is 7.57. The van der Waals surface area contributed by atoms with Crippen LogP contribution < -0.4 is 0 Å². The maximum Gasteiger partial charge on any atom is 0.184 e. The summed E-state index contributed by atoms with van der Waals surface area (Å²) in [6, 6.07) is 0.402. The van der Waals surface area contributed by atoms with Crippen molar-refractivity contribution in [1.29, 1.82) is 0 Å². The number of nitrogens with zero attached hydrogens (tertiary/aromatic N) is 1. The van der Waals surface area contributed by atoms with Crippen LogP contribution in [0.5, 0.6) is 0 Å².